The SMILES string of the molecule is CN(C)c1ccc(NC(=O)c2ccc3c(c2)N(C)C2CCCCN2C3=O)cc1. The first-order chi connectivity index (χ1) is 13.5. The molecule has 6 heteroatoms. The lowest BCUT2D eigenvalue weighted by Gasteiger charge is -2.46. The second kappa shape index (κ2) is 7.19. The number of nitrogens with zero attached hydrogens (tertiary/aromatic N) is 3. The van der Waals surface area contributed by atoms with E-state index >= 15 is 0 Å². The fraction of sp³-hybridized carbons (Fsp3) is 0.364. The van der Waals surface area contributed by atoms with Crippen LogP contribution in [0.25, 0.3) is 0 Å². The molecule has 146 valence electrons. The van der Waals surface area contributed by atoms with Crippen molar-refractivity contribution in [2.24, 2.45) is 0 Å². The number of fused-ring (bicyclic) bond motifs is 2. The van der Waals surface area contributed by atoms with Gasteiger partial charge in [-0.05, 0) is 61.7 Å². The second-order valence-electron chi connectivity index (χ2n) is 7.71. The Labute approximate surface area is 165 Å². The zero-order valence-corrected chi connectivity index (χ0v) is 16.6. The van der Waals surface area contributed by atoms with Gasteiger partial charge in [-0.2, -0.15) is 0 Å². The second-order valence-corrected chi connectivity index (χ2v) is 7.71. The van der Waals surface area contributed by atoms with E-state index in [1.54, 1.807) is 12.1 Å². The number of anilines is 3. The fourth-order valence-electron chi connectivity index (χ4n) is 4.06. The summed E-state index contributed by atoms with van der Waals surface area (Å²) in [6.45, 7) is 0.804. The number of hydrogen-bond acceptors (Lipinski definition) is 4. The lowest BCUT2D eigenvalue weighted by atomic mass is 9.97. The van der Waals surface area contributed by atoms with Gasteiger partial charge in [-0.3, -0.25) is 9.59 Å². The first-order valence-corrected chi connectivity index (χ1v) is 9.72. The molecule has 2 amide bonds. The Balaban J connectivity index is 1.57. The molecule has 0 radical (unpaired) electrons. The van der Waals surface area contributed by atoms with Crippen LogP contribution in [0.15, 0.2) is 42.5 Å². The normalized spacial score (nSPS) is 18.4. The highest BCUT2D eigenvalue weighted by molar-refractivity contribution is 6.08. The third kappa shape index (κ3) is 3.19. The van der Waals surface area contributed by atoms with E-state index < -0.39 is 0 Å². The van der Waals surface area contributed by atoms with Crippen LogP contribution in [-0.2, 0) is 0 Å². The van der Waals surface area contributed by atoms with Gasteiger partial charge in [0.05, 0.1) is 11.3 Å². The van der Waals surface area contributed by atoms with E-state index in [2.05, 4.69) is 10.2 Å². The Kier molecular flexibility index (Phi) is 4.71. The Morgan fingerprint density at radius 3 is 2.57 bits per heavy atom. The number of rotatable bonds is 3. The Hall–Kier alpha value is -3.02. The largest absolute Gasteiger partial charge is 0.378 e. The summed E-state index contributed by atoms with van der Waals surface area (Å²) in [6, 6.07) is 13.1. The van der Waals surface area contributed by atoms with Gasteiger partial charge in [0.2, 0.25) is 0 Å². The maximum atomic E-state index is 12.9. The van der Waals surface area contributed by atoms with Gasteiger partial charge in [0.25, 0.3) is 11.8 Å². The van der Waals surface area contributed by atoms with Crippen LogP contribution < -0.4 is 15.1 Å². The number of hydrogen-bond donors (Lipinski definition) is 1. The number of piperidine rings is 1. The number of benzene rings is 2. The van der Waals surface area contributed by atoms with Gasteiger partial charge in [-0.25, -0.2) is 0 Å². The standard InChI is InChI=1S/C22H26N4O2/c1-24(2)17-10-8-16(9-11-17)23-21(27)15-7-12-18-19(14-15)25(3)20-6-4-5-13-26(20)22(18)28/h7-12,14,20H,4-6,13H2,1-3H3,(H,23,27). The number of amides is 2. The van der Waals surface area contributed by atoms with E-state index in [0.717, 1.165) is 42.9 Å². The molecule has 6 nitrogen and oxygen atoms in total. The molecule has 2 aromatic carbocycles. The average molecular weight is 378 g/mol. The maximum absolute atomic E-state index is 12.9. The maximum Gasteiger partial charge on any atom is 0.257 e. The minimum atomic E-state index is -0.174. The van der Waals surface area contributed by atoms with Crippen LogP contribution >= 0.6 is 0 Å². The lowest BCUT2D eigenvalue weighted by Crippen LogP contribution is -2.55. The van der Waals surface area contributed by atoms with Crippen molar-refractivity contribution in [3.8, 4) is 0 Å². The molecule has 0 spiro atoms. The van der Waals surface area contributed by atoms with Crippen LogP contribution in [0.5, 0.6) is 0 Å². The predicted octanol–water partition coefficient (Wildman–Crippen LogP) is 3.41. The number of carbonyl (C=O) groups excluding carboxylic acids is 2. The van der Waals surface area contributed by atoms with Gasteiger partial charge in [-0.15, -0.1) is 0 Å². The summed E-state index contributed by atoms with van der Waals surface area (Å²) in [5.41, 5.74) is 3.88. The molecule has 2 heterocycles. The summed E-state index contributed by atoms with van der Waals surface area (Å²) in [5, 5.41) is 2.94. The third-order valence-electron chi connectivity index (χ3n) is 5.69. The fourth-order valence-corrected chi connectivity index (χ4v) is 4.06. The molecule has 2 aliphatic rings. The number of carbonyl (C=O) groups is 2. The van der Waals surface area contributed by atoms with Crippen molar-refractivity contribution in [3.63, 3.8) is 0 Å². The topological polar surface area (TPSA) is 55.9 Å². The van der Waals surface area contributed by atoms with E-state index in [-0.39, 0.29) is 18.0 Å². The van der Waals surface area contributed by atoms with Crippen LogP contribution in [0.4, 0.5) is 17.1 Å². The lowest BCUT2D eigenvalue weighted by molar-refractivity contribution is 0.0589. The predicted molar refractivity (Wildman–Crippen MR) is 112 cm³/mol. The summed E-state index contributed by atoms with van der Waals surface area (Å²) in [6.07, 6.45) is 3.23. The van der Waals surface area contributed by atoms with Crippen LogP contribution in [0.1, 0.15) is 40.0 Å². The van der Waals surface area contributed by atoms with Crippen molar-refractivity contribution < 1.29 is 9.59 Å². The molecule has 28 heavy (non-hydrogen) atoms. The molecule has 1 fully saturated rings. The van der Waals surface area contributed by atoms with Gasteiger partial charge in [-0.1, -0.05) is 0 Å². The summed E-state index contributed by atoms with van der Waals surface area (Å²) < 4.78 is 0. The smallest absolute Gasteiger partial charge is 0.257 e. The first-order valence-electron chi connectivity index (χ1n) is 9.72. The summed E-state index contributed by atoms with van der Waals surface area (Å²) in [7, 11) is 5.97. The Morgan fingerprint density at radius 2 is 1.86 bits per heavy atom. The highest BCUT2D eigenvalue weighted by atomic mass is 16.2. The highest BCUT2D eigenvalue weighted by Gasteiger charge is 2.37. The summed E-state index contributed by atoms with van der Waals surface area (Å²) >= 11 is 0. The van der Waals surface area contributed by atoms with Crippen molar-refractivity contribution in [3.05, 3.63) is 53.6 Å². The zero-order valence-electron chi connectivity index (χ0n) is 16.6. The molecule has 1 saturated heterocycles. The van der Waals surface area contributed by atoms with Gasteiger partial charge in [0, 0.05) is 44.6 Å². The molecule has 4 rings (SSSR count). The minimum absolute atomic E-state index is 0.0732. The van der Waals surface area contributed by atoms with Crippen LogP contribution in [0.3, 0.4) is 0 Å². The third-order valence-corrected chi connectivity index (χ3v) is 5.69. The summed E-state index contributed by atoms with van der Waals surface area (Å²) in [5.74, 6) is -0.101. The van der Waals surface area contributed by atoms with Gasteiger partial charge < -0.3 is 20.0 Å². The van der Waals surface area contributed by atoms with Crippen molar-refractivity contribution in [2.45, 2.75) is 25.4 Å². The van der Waals surface area contributed by atoms with E-state index in [1.165, 1.54) is 0 Å². The van der Waals surface area contributed by atoms with E-state index in [1.807, 2.05) is 61.3 Å². The molecular formula is C22H26N4O2. The first kappa shape index (κ1) is 18.3. The molecule has 1 unspecified atom stereocenters. The van der Waals surface area contributed by atoms with Crippen molar-refractivity contribution in [1.82, 2.24) is 4.90 Å². The van der Waals surface area contributed by atoms with E-state index in [9.17, 15) is 9.59 Å². The molecular weight excluding hydrogens is 352 g/mol. The van der Waals surface area contributed by atoms with Crippen molar-refractivity contribution in [2.75, 3.05) is 42.8 Å². The summed E-state index contributed by atoms with van der Waals surface area (Å²) in [4.78, 5) is 31.7. The monoisotopic (exact) mass is 378 g/mol. The van der Waals surface area contributed by atoms with Crippen molar-refractivity contribution >= 4 is 28.9 Å². The van der Waals surface area contributed by atoms with Crippen molar-refractivity contribution in [1.29, 1.82) is 0 Å². The Bertz CT molecular complexity index is 907. The molecule has 1 atom stereocenters. The number of nitrogens with one attached hydrogen (secondary N) is 1. The molecule has 0 aromatic heterocycles. The molecule has 0 saturated carbocycles. The molecule has 1 N–H and O–H groups in total. The zero-order chi connectivity index (χ0) is 19.8. The van der Waals surface area contributed by atoms with Gasteiger partial charge in [0.15, 0.2) is 0 Å². The van der Waals surface area contributed by atoms with E-state index in [0.29, 0.717) is 11.1 Å². The van der Waals surface area contributed by atoms with Crippen LogP contribution in [-0.4, -0.2) is 50.6 Å². The minimum Gasteiger partial charge on any atom is -0.378 e. The van der Waals surface area contributed by atoms with Gasteiger partial charge >= 0.3 is 0 Å². The van der Waals surface area contributed by atoms with Gasteiger partial charge in [0.1, 0.15) is 6.17 Å². The highest BCUT2D eigenvalue weighted by Crippen LogP contribution is 2.35. The Morgan fingerprint density at radius 1 is 1.11 bits per heavy atom. The molecule has 2 aromatic rings. The molecule has 0 aliphatic carbocycles. The molecule has 0 bridgehead atoms. The van der Waals surface area contributed by atoms with E-state index in [4.69, 9.17) is 0 Å². The molecule has 2 aliphatic heterocycles. The quantitative estimate of drug-likeness (QED) is 0.889. The van der Waals surface area contributed by atoms with Crippen LogP contribution in [0.2, 0.25) is 0 Å². The average Bonchev–Trinajstić information content (AvgIpc) is 2.72. The van der Waals surface area contributed by atoms with Crippen LogP contribution in [0, 0.1) is 0 Å².